The van der Waals surface area contributed by atoms with Gasteiger partial charge in [-0.3, -0.25) is 9.52 Å². The second-order valence-corrected chi connectivity index (χ2v) is 7.78. The van der Waals surface area contributed by atoms with E-state index in [2.05, 4.69) is 4.72 Å². The standard InChI is InChI=1S/C18H18F2N2O3S/c1-12-11-13(8-9-16(12)22-10-3-2-7-17(22)23)21-26(24,25)18-14(19)5-4-6-15(18)20/h4-6,8-9,11,21H,2-3,7,10H2,1H3. The molecule has 0 aliphatic carbocycles. The maximum Gasteiger partial charge on any atom is 0.267 e. The van der Waals surface area contributed by atoms with Crippen molar-refractivity contribution >= 4 is 27.3 Å². The molecule has 1 saturated heterocycles. The number of halogens is 2. The minimum absolute atomic E-state index is 0.0288. The van der Waals surface area contributed by atoms with Gasteiger partial charge in [0.1, 0.15) is 11.6 Å². The molecule has 0 saturated carbocycles. The molecule has 138 valence electrons. The van der Waals surface area contributed by atoms with Gasteiger partial charge in [-0.05, 0) is 55.7 Å². The molecular formula is C18H18F2N2O3S. The summed E-state index contributed by atoms with van der Waals surface area (Å²) in [5.41, 5.74) is 1.56. The third kappa shape index (κ3) is 3.55. The molecule has 8 heteroatoms. The number of rotatable bonds is 4. The van der Waals surface area contributed by atoms with Gasteiger partial charge in [0.2, 0.25) is 5.91 Å². The summed E-state index contributed by atoms with van der Waals surface area (Å²) in [6.07, 6.45) is 2.26. The van der Waals surface area contributed by atoms with Crippen LogP contribution in [0.4, 0.5) is 20.2 Å². The number of benzene rings is 2. The smallest absolute Gasteiger partial charge is 0.267 e. The number of amides is 1. The number of aryl methyl sites for hydroxylation is 1. The van der Waals surface area contributed by atoms with Crippen molar-refractivity contribution < 1.29 is 22.0 Å². The fourth-order valence-electron chi connectivity index (χ4n) is 3.03. The monoisotopic (exact) mass is 380 g/mol. The van der Waals surface area contributed by atoms with E-state index < -0.39 is 26.6 Å². The van der Waals surface area contributed by atoms with Gasteiger partial charge in [-0.1, -0.05) is 6.07 Å². The molecule has 1 fully saturated rings. The normalized spacial score (nSPS) is 15.2. The Morgan fingerprint density at radius 1 is 1.08 bits per heavy atom. The lowest BCUT2D eigenvalue weighted by atomic mass is 10.1. The van der Waals surface area contributed by atoms with E-state index in [1.807, 2.05) is 0 Å². The lowest BCUT2D eigenvalue weighted by molar-refractivity contribution is -0.119. The number of hydrogen-bond acceptors (Lipinski definition) is 3. The van der Waals surface area contributed by atoms with Gasteiger partial charge >= 0.3 is 0 Å². The largest absolute Gasteiger partial charge is 0.312 e. The summed E-state index contributed by atoms with van der Waals surface area (Å²) in [6, 6.07) is 7.50. The highest BCUT2D eigenvalue weighted by Gasteiger charge is 2.25. The topological polar surface area (TPSA) is 66.5 Å². The van der Waals surface area contributed by atoms with Gasteiger partial charge in [-0.25, -0.2) is 17.2 Å². The van der Waals surface area contributed by atoms with E-state index in [9.17, 15) is 22.0 Å². The Kier molecular flexibility index (Phi) is 4.95. The summed E-state index contributed by atoms with van der Waals surface area (Å²) in [5, 5.41) is 0. The fourth-order valence-corrected chi connectivity index (χ4v) is 4.22. The number of hydrogen-bond donors (Lipinski definition) is 1. The molecule has 1 aliphatic rings. The molecule has 1 aliphatic heterocycles. The number of nitrogens with zero attached hydrogens (tertiary/aromatic N) is 1. The summed E-state index contributed by atoms with van der Waals surface area (Å²) in [5.74, 6) is -2.30. The number of carbonyl (C=O) groups excluding carboxylic acids is 1. The van der Waals surface area contributed by atoms with Crippen molar-refractivity contribution in [3.8, 4) is 0 Å². The molecule has 2 aromatic rings. The Morgan fingerprint density at radius 3 is 2.38 bits per heavy atom. The molecule has 3 rings (SSSR count). The van der Waals surface area contributed by atoms with Gasteiger partial charge in [0.05, 0.1) is 0 Å². The predicted molar refractivity (Wildman–Crippen MR) is 94.5 cm³/mol. The minimum atomic E-state index is -4.42. The first-order valence-electron chi connectivity index (χ1n) is 8.17. The van der Waals surface area contributed by atoms with Crippen molar-refractivity contribution in [1.29, 1.82) is 0 Å². The van der Waals surface area contributed by atoms with E-state index in [4.69, 9.17) is 0 Å². The lowest BCUT2D eigenvalue weighted by Gasteiger charge is -2.28. The van der Waals surface area contributed by atoms with Gasteiger partial charge in [0.25, 0.3) is 10.0 Å². The highest BCUT2D eigenvalue weighted by atomic mass is 32.2. The maximum atomic E-state index is 13.8. The van der Waals surface area contributed by atoms with Crippen LogP contribution in [0.3, 0.4) is 0 Å². The molecule has 0 atom stereocenters. The second kappa shape index (κ2) is 7.03. The molecule has 0 aromatic heterocycles. The van der Waals surface area contributed by atoms with Crippen LogP contribution in [-0.2, 0) is 14.8 Å². The van der Waals surface area contributed by atoms with E-state index in [1.54, 1.807) is 17.9 Å². The SMILES string of the molecule is Cc1cc(NS(=O)(=O)c2c(F)cccc2F)ccc1N1CCCCC1=O. The van der Waals surface area contributed by atoms with Gasteiger partial charge in [0.15, 0.2) is 4.90 Å². The van der Waals surface area contributed by atoms with E-state index in [0.717, 1.165) is 31.0 Å². The highest BCUT2D eigenvalue weighted by molar-refractivity contribution is 7.92. The van der Waals surface area contributed by atoms with Gasteiger partial charge in [-0.15, -0.1) is 0 Å². The zero-order valence-electron chi connectivity index (χ0n) is 14.1. The lowest BCUT2D eigenvalue weighted by Crippen LogP contribution is -2.35. The van der Waals surface area contributed by atoms with Crippen LogP contribution in [0.5, 0.6) is 0 Å². The minimum Gasteiger partial charge on any atom is -0.312 e. The Bertz CT molecular complexity index is 941. The molecule has 1 N–H and O–H groups in total. The average molecular weight is 380 g/mol. The van der Waals surface area contributed by atoms with Crippen molar-refractivity contribution in [3.05, 3.63) is 53.6 Å². The van der Waals surface area contributed by atoms with Crippen LogP contribution >= 0.6 is 0 Å². The Morgan fingerprint density at radius 2 is 1.77 bits per heavy atom. The average Bonchev–Trinajstić information content (AvgIpc) is 2.55. The van der Waals surface area contributed by atoms with Crippen LogP contribution in [0.1, 0.15) is 24.8 Å². The molecule has 5 nitrogen and oxygen atoms in total. The van der Waals surface area contributed by atoms with Crippen molar-refractivity contribution in [1.82, 2.24) is 0 Å². The Labute approximate surface area is 150 Å². The number of piperidine rings is 1. The molecule has 1 heterocycles. The highest BCUT2D eigenvalue weighted by Crippen LogP contribution is 2.28. The van der Waals surface area contributed by atoms with Crippen LogP contribution in [0, 0.1) is 18.6 Å². The van der Waals surface area contributed by atoms with E-state index in [-0.39, 0.29) is 11.6 Å². The van der Waals surface area contributed by atoms with Crippen LogP contribution in [0.15, 0.2) is 41.3 Å². The third-order valence-electron chi connectivity index (χ3n) is 4.25. The van der Waals surface area contributed by atoms with Crippen LogP contribution < -0.4 is 9.62 Å². The molecule has 0 radical (unpaired) electrons. The molecule has 0 spiro atoms. The summed E-state index contributed by atoms with van der Waals surface area (Å²) < 4.78 is 54.4. The van der Waals surface area contributed by atoms with Crippen molar-refractivity contribution in [2.45, 2.75) is 31.1 Å². The molecule has 2 aromatic carbocycles. The zero-order chi connectivity index (χ0) is 18.9. The van der Waals surface area contributed by atoms with E-state index in [1.165, 1.54) is 12.1 Å². The quantitative estimate of drug-likeness (QED) is 0.882. The predicted octanol–water partition coefficient (Wildman–Crippen LogP) is 3.59. The second-order valence-electron chi connectivity index (χ2n) is 6.16. The first-order valence-corrected chi connectivity index (χ1v) is 9.66. The van der Waals surface area contributed by atoms with Gasteiger partial charge in [-0.2, -0.15) is 0 Å². The summed E-state index contributed by atoms with van der Waals surface area (Å²) in [6.45, 7) is 2.36. The summed E-state index contributed by atoms with van der Waals surface area (Å²) >= 11 is 0. The van der Waals surface area contributed by atoms with E-state index >= 15 is 0 Å². The molecule has 0 bridgehead atoms. The summed E-state index contributed by atoms with van der Waals surface area (Å²) in [7, 11) is -4.42. The number of sulfonamides is 1. The molecule has 26 heavy (non-hydrogen) atoms. The summed E-state index contributed by atoms with van der Waals surface area (Å²) in [4.78, 5) is 12.7. The molecular weight excluding hydrogens is 362 g/mol. The van der Waals surface area contributed by atoms with E-state index in [0.29, 0.717) is 24.2 Å². The van der Waals surface area contributed by atoms with Crippen molar-refractivity contribution in [2.24, 2.45) is 0 Å². The zero-order valence-corrected chi connectivity index (χ0v) is 14.9. The first-order chi connectivity index (χ1) is 12.3. The number of anilines is 2. The van der Waals surface area contributed by atoms with Crippen LogP contribution in [0.25, 0.3) is 0 Å². The molecule has 1 amide bonds. The van der Waals surface area contributed by atoms with Crippen LogP contribution in [0.2, 0.25) is 0 Å². The molecule has 0 unspecified atom stereocenters. The van der Waals surface area contributed by atoms with Gasteiger partial charge < -0.3 is 4.90 Å². The third-order valence-corrected chi connectivity index (χ3v) is 5.68. The van der Waals surface area contributed by atoms with Gasteiger partial charge in [0, 0.05) is 24.3 Å². The number of carbonyl (C=O) groups is 1. The van der Waals surface area contributed by atoms with Crippen LogP contribution in [-0.4, -0.2) is 20.9 Å². The maximum absolute atomic E-state index is 13.8. The Hall–Kier alpha value is -2.48. The van der Waals surface area contributed by atoms with Crippen molar-refractivity contribution in [3.63, 3.8) is 0 Å². The van der Waals surface area contributed by atoms with Crippen molar-refractivity contribution in [2.75, 3.05) is 16.2 Å². The Balaban J connectivity index is 1.89. The fraction of sp³-hybridized carbons (Fsp3) is 0.278. The number of nitrogens with one attached hydrogen (secondary N) is 1. The first kappa shape index (κ1) is 18.3.